The van der Waals surface area contributed by atoms with Crippen molar-refractivity contribution in [2.24, 2.45) is 11.3 Å². The van der Waals surface area contributed by atoms with Crippen LogP contribution < -0.4 is 0 Å². The van der Waals surface area contributed by atoms with Crippen molar-refractivity contribution >= 4 is 11.9 Å². The van der Waals surface area contributed by atoms with Gasteiger partial charge in [0, 0.05) is 19.6 Å². The van der Waals surface area contributed by atoms with Crippen molar-refractivity contribution in [2.75, 3.05) is 32.7 Å². The number of carbonyl (C=O) groups excluding carboxylic acids is 1. The normalized spacial score (nSPS) is 32.2. The molecule has 1 N–H and O–H groups in total. The summed E-state index contributed by atoms with van der Waals surface area (Å²) < 4.78 is 0. The number of hydrogen-bond donors (Lipinski definition) is 1. The molecule has 1 saturated carbocycles. The van der Waals surface area contributed by atoms with Gasteiger partial charge >= 0.3 is 5.97 Å². The number of piperidine rings is 1. The SMILES string of the molecule is O=C(O)CN1CCC2(CCCN(CC3CC3)C2=O)C1. The largest absolute Gasteiger partial charge is 0.480 e. The highest BCUT2D eigenvalue weighted by atomic mass is 16.4. The topological polar surface area (TPSA) is 60.9 Å². The second kappa shape index (κ2) is 4.78. The first-order valence-corrected chi connectivity index (χ1v) is 7.33. The van der Waals surface area contributed by atoms with Gasteiger partial charge in [-0.2, -0.15) is 0 Å². The van der Waals surface area contributed by atoms with Gasteiger partial charge in [0.1, 0.15) is 0 Å². The van der Waals surface area contributed by atoms with E-state index in [-0.39, 0.29) is 12.0 Å². The molecule has 5 heteroatoms. The number of rotatable bonds is 4. The van der Waals surface area contributed by atoms with Gasteiger partial charge in [0.05, 0.1) is 12.0 Å². The third-order valence-electron chi connectivity index (χ3n) is 4.79. The third-order valence-corrected chi connectivity index (χ3v) is 4.79. The third kappa shape index (κ3) is 2.61. The van der Waals surface area contributed by atoms with Crippen molar-refractivity contribution in [2.45, 2.75) is 32.1 Å². The van der Waals surface area contributed by atoms with Gasteiger partial charge in [0.15, 0.2) is 0 Å². The van der Waals surface area contributed by atoms with Crippen LogP contribution >= 0.6 is 0 Å². The average Bonchev–Trinajstić information content (AvgIpc) is 3.08. The average molecular weight is 266 g/mol. The van der Waals surface area contributed by atoms with E-state index in [1.165, 1.54) is 12.8 Å². The number of aliphatic carboxylic acids is 1. The van der Waals surface area contributed by atoms with E-state index in [9.17, 15) is 9.59 Å². The van der Waals surface area contributed by atoms with Gasteiger partial charge in [0.2, 0.25) is 5.91 Å². The first kappa shape index (κ1) is 12.9. The molecular formula is C14H22N2O3. The molecule has 2 saturated heterocycles. The van der Waals surface area contributed by atoms with Crippen LogP contribution in [0.25, 0.3) is 0 Å². The Labute approximate surface area is 113 Å². The number of amides is 1. The minimum atomic E-state index is -0.796. The lowest BCUT2D eigenvalue weighted by Gasteiger charge is -2.39. The van der Waals surface area contributed by atoms with Crippen LogP contribution in [-0.2, 0) is 9.59 Å². The Kier molecular flexibility index (Phi) is 3.25. The van der Waals surface area contributed by atoms with Gasteiger partial charge in [-0.3, -0.25) is 14.5 Å². The van der Waals surface area contributed by atoms with Crippen LogP contribution in [0.4, 0.5) is 0 Å². The van der Waals surface area contributed by atoms with Crippen LogP contribution in [0.5, 0.6) is 0 Å². The Morgan fingerprint density at radius 3 is 2.79 bits per heavy atom. The lowest BCUT2D eigenvalue weighted by atomic mass is 9.78. The van der Waals surface area contributed by atoms with Gasteiger partial charge in [-0.25, -0.2) is 0 Å². The number of carboxylic acid groups (broad SMARTS) is 1. The fraction of sp³-hybridized carbons (Fsp3) is 0.857. The fourth-order valence-electron chi connectivity index (χ4n) is 3.60. The molecule has 1 atom stereocenters. The molecule has 106 valence electrons. The molecule has 0 bridgehead atoms. The van der Waals surface area contributed by atoms with E-state index < -0.39 is 5.97 Å². The van der Waals surface area contributed by atoms with Crippen molar-refractivity contribution in [3.63, 3.8) is 0 Å². The lowest BCUT2D eigenvalue weighted by Crippen LogP contribution is -2.50. The molecule has 0 aromatic carbocycles. The summed E-state index contributed by atoms with van der Waals surface area (Å²) in [4.78, 5) is 27.4. The summed E-state index contributed by atoms with van der Waals surface area (Å²) in [5.41, 5.74) is -0.275. The van der Waals surface area contributed by atoms with Gasteiger partial charge in [-0.1, -0.05) is 0 Å². The van der Waals surface area contributed by atoms with Crippen LogP contribution in [-0.4, -0.2) is 59.5 Å². The number of hydrogen-bond acceptors (Lipinski definition) is 3. The lowest BCUT2D eigenvalue weighted by molar-refractivity contribution is -0.146. The quantitative estimate of drug-likeness (QED) is 0.817. The van der Waals surface area contributed by atoms with Gasteiger partial charge in [-0.05, 0) is 44.6 Å². The molecule has 0 radical (unpaired) electrons. The maximum atomic E-state index is 12.7. The van der Waals surface area contributed by atoms with E-state index >= 15 is 0 Å². The summed E-state index contributed by atoms with van der Waals surface area (Å²) in [7, 11) is 0. The second-order valence-corrected chi connectivity index (χ2v) is 6.43. The zero-order valence-electron chi connectivity index (χ0n) is 11.3. The molecule has 2 aliphatic heterocycles. The molecule has 3 aliphatic rings. The number of likely N-dealkylation sites (tertiary alicyclic amines) is 2. The summed E-state index contributed by atoms with van der Waals surface area (Å²) in [6.07, 6.45) is 5.37. The molecule has 2 heterocycles. The minimum Gasteiger partial charge on any atom is -0.480 e. The highest BCUT2D eigenvalue weighted by Gasteiger charge is 2.49. The van der Waals surface area contributed by atoms with Crippen LogP contribution in [0.2, 0.25) is 0 Å². The van der Waals surface area contributed by atoms with E-state index in [1.54, 1.807) is 0 Å². The van der Waals surface area contributed by atoms with E-state index in [1.807, 2.05) is 9.80 Å². The number of nitrogens with zero attached hydrogens (tertiary/aromatic N) is 2. The highest BCUT2D eigenvalue weighted by molar-refractivity contribution is 5.84. The molecule has 19 heavy (non-hydrogen) atoms. The van der Waals surface area contributed by atoms with E-state index in [0.717, 1.165) is 44.8 Å². The maximum Gasteiger partial charge on any atom is 0.317 e. The molecule has 1 spiro atoms. The Hall–Kier alpha value is -1.10. The van der Waals surface area contributed by atoms with Crippen LogP contribution in [0.15, 0.2) is 0 Å². The molecule has 1 unspecified atom stereocenters. The van der Waals surface area contributed by atoms with Crippen LogP contribution in [0.3, 0.4) is 0 Å². The van der Waals surface area contributed by atoms with E-state index in [2.05, 4.69) is 0 Å². The van der Waals surface area contributed by atoms with E-state index in [4.69, 9.17) is 5.11 Å². The van der Waals surface area contributed by atoms with Gasteiger partial charge in [0.25, 0.3) is 0 Å². The molecule has 1 aliphatic carbocycles. The summed E-state index contributed by atoms with van der Waals surface area (Å²) >= 11 is 0. The fourth-order valence-corrected chi connectivity index (χ4v) is 3.60. The van der Waals surface area contributed by atoms with Crippen LogP contribution in [0, 0.1) is 11.3 Å². The summed E-state index contributed by atoms with van der Waals surface area (Å²) in [6.45, 7) is 3.28. The van der Waals surface area contributed by atoms with Crippen LogP contribution in [0.1, 0.15) is 32.1 Å². The Morgan fingerprint density at radius 1 is 1.32 bits per heavy atom. The summed E-state index contributed by atoms with van der Waals surface area (Å²) in [5.74, 6) is 0.226. The second-order valence-electron chi connectivity index (χ2n) is 6.43. The Bertz CT molecular complexity index is 394. The maximum absolute atomic E-state index is 12.7. The predicted octanol–water partition coefficient (Wildman–Crippen LogP) is 0.795. The molecule has 0 aromatic heterocycles. The standard InChI is InChI=1S/C14H22N2O3/c17-12(18)9-15-7-5-14(10-15)4-1-6-16(13(14)19)8-11-2-3-11/h11H,1-10H2,(H,17,18). The van der Waals surface area contributed by atoms with E-state index in [0.29, 0.717) is 12.5 Å². The van der Waals surface area contributed by atoms with Crippen molar-refractivity contribution in [3.8, 4) is 0 Å². The highest BCUT2D eigenvalue weighted by Crippen LogP contribution is 2.41. The van der Waals surface area contributed by atoms with Crippen molar-refractivity contribution < 1.29 is 14.7 Å². The minimum absolute atomic E-state index is 0.0671. The monoisotopic (exact) mass is 266 g/mol. The zero-order valence-corrected chi connectivity index (χ0v) is 11.3. The molecule has 3 rings (SSSR count). The summed E-state index contributed by atoms with van der Waals surface area (Å²) in [5, 5.41) is 8.87. The number of carbonyl (C=O) groups is 2. The van der Waals surface area contributed by atoms with Crippen molar-refractivity contribution in [1.29, 1.82) is 0 Å². The zero-order chi connectivity index (χ0) is 13.5. The molecule has 0 aromatic rings. The molecular weight excluding hydrogens is 244 g/mol. The predicted molar refractivity (Wildman–Crippen MR) is 69.7 cm³/mol. The first-order chi connectivity index (χ1) is 9.09. The molecule has 3 fully saturated rings. The molecule has 5 nitrogen and oxygen atoms in total. The first-order valence-electron chi connectivity index (χ1n) is 7.33. The smallest absolute Gasteiger partial charge is 0.317 e. The Morgan fingerprint density at radius 2 is 2.11 bits per heavy atom. The van der Waals surface area contributed by atoms with Gasteiger partial charge in [-0.15, -0.1) is 0 Å². The summed E-state index contributed by atoms with van der Waals surface area (Å²) in [6, 6.07) is 0. The van der Waals surface area contributed by atoms with Gasteiger partial charge < -0.3 is 10.0 Å². The molecule has 1 amide bonds. The van der Waals surface area contributed by atoms with Crippen molar-refractivity contribution in [3.05, 3.63) is 0 Å². The van der Waals surface area contributed by atoms with Crippen molar-refractivity contribution in [1.82, 2.24) is 9.80 Å². The number of carboxylic acids is 1. The Balaban J connectivity index is 1.65.